The molecule has 6 heteroatoms. The summed E-state index contributed by atoms with van der Waals surface area (Å²) in [5, 5.41) is 9.09. The van der Waals surface area contributed by atoms with E-state index in [4.69, 9.17) is 4.74 Å². The fraction of sp³-hybridized carbons (Fsp3) is 0.118. The number of nitrogens with zero attached hydrogens (tertiary/aromatic N) is 5. The van der Waals surface area contributed by atoms with Gasteiger partial charge in [-0.1, -0.05) is 18.2 Å². The van der Waals surface area contributed by atoms with Gasteiger partial charge in [-0.05, 0) is 24.3 Å². The molecule has 23 heavy (non-hydrogen) atoms. The zero-order valence-electron chi connectivity index (χ0n) is 12.8. The van der Waals surface area contributed by atoms with Crippen molar-refractivity contribution >= 4 is 28.2 Å². The Labute approximate surface area is 133 Å². The first kappa shape index (κ1) is 13.5. The molecule has 4 rings (SSSR count). The molecule has 2 heterocycles. The molecule has 0 spiro atoms. The molecule has 0 aliphatic carbocycles. The van der Waals surface area contributed by atoms with E-state index in [1.165, 1.54) is 0 Å². The summed E-state index contributed by atoms with van der Waals surface area (Å²) >= 11 is 0. The van der Waals surface area contributed by atoms with Gasteiger partial charge in [0.2, 0.25) is 0 Å². The molecular weight excluding hydrogens is 290 g/mol. The average Bonchev–Trinajstić information content (AvgIpc) is 3.09. The molecular formula is C17H15N5O. The van der Waals surface area contributed by atoms with Gasteiger partial charge in [0.25, 0.3) is 5.78 Å². The van der Waals surface area contributed by atoms with Gasteiger partial charge in [0.1, 0.15) is 17.9 Å². The van der Waals surface area contributed by atoms with Gasteiger partial charge in [0.05, 0.1) is 12.6 Å². The van der Waals surface area contributed by atoms with E-state index in [0.29, 0.717) is 5.78 Å². The van der Waals surface area contributed by atoms with Gasteiger partial charge in [0, 0.05) is 24.2 Å². The van der Waals surface area contributed by atoms with Crippen LogP contribution in [-0.2, 0) is 0 Å². The normalized spacial score (nSPS) is 11.0. The Morgan fingerprint density at radius 2 is 1.96 bits per heavy atom. The van der Waals surface area contributed by atoms with Crippen LogP contribution in [0.3, 0.4) is 0 Å². The Morgan fingerprint density at radius 3 is 2.83 bits per heavy atom. The first-order valence-corrected chi connectivity index (χ1v) is 7.24. The maximum Gasteiger partial charge on any atom is 0.257 e. The van der Waals surface area contributed by atoms with Crippen LogP contribution in [0.15, 0.2) is 54.9 Å². The lowest BCUT2D eigenvalue weighted by atomic mass is 10.2. The number of aromatic nitrogens is 4. The van der Waals surface area contributed by atoms with Crippen molar-refractivity contribution < 1.29 is 4.74 Å². The van der Waals surface area contributed by atoms with Crippen LogP contribution in [0.5, 0.6) is 5.75 Å². The van der Waals surface area contributed by atoms with Gasteiger partial charge in [-0.2, -0.15) is 4.98 Å². The number of ether oxygens (including phenoxy) is 1. The van der Waals surface area contributed by atoms with Gasteiger partial charge < -0.3 is 9.64 Å². The second kappa shape index (κ2) is 5.24. The summed E-state index contributed by atoms with van der Waals surface area (Å²) < 4.78 is 7.20. The molecule has 0 fully saturated rings. The van der Waals surface area contributed by atoms with Crippen molar-refractivity contribution in [3.63, 3.8) is 0 Å². The maximum absolute atomic E-state index is 5.31. The molecule has 6 nitrogen and oxygen atoms in total. The Morgan fingerprint density at radius 1 is 1.09 bits per heavy atom. The minimum absolute atomic E-state index is 0.577. The predicted octanol–water partition coefficient (Wildman–Crippen LogP) is 3.05. The highest BCUT2D eigenvalue weighted by Gasteiger charge is 2.14. The topological polar surface area (TPSA) is 55.5 Å². The van der Waals surface area contributed by atoms with Crippen LogP contribution in [0.2, 0.25) is 0 Å². The summed E-state index contributed by atoms with van der Waals surface area (Å²) in [6.45, 7) is 0. The molecule has 0 aliphatic heterocycles. The third kappa shape index (κ3) is 2.15. The predicted molar refractivity (Wildman–Crippen MR) is 89.3 cm³/mol. The lowest BCUT2D eigenvalue weighted by Gasteiger charge is -2.20. The van der Waals surface area contributed by atoms with E-state index in [1.807, 2.05) is 64.9 Å². The van der Waals surface area contributed by atoms with Gasteiger partial charge >= 0.3 is 0 Å². The summed E-state index contributed by atoms with van der Waals surface area (Å²) in [7, 11) is 3.64. The van der Waals surface area contributed by atoms with Crippen molar-refractivity contribution in [3.05, 3.63) is 54.9 Å². The Bertz CT molecular complexity index is 995. The molecule has 114 valence electrons. The average molecular weight is 305 g/mol. The lowest BCUT2D eigenvalue weighted by molar-refractivity contribution is 0.415. The minimum Gasteiger partial charge on any atom is -0.497 e. The van der Waals surface area contributed by atoms with Crippen molar-refractivity contribution in [2.45, 2.75) is 0 Å². The summed E-state index contributed by atoms with van der Waals surface area (Å²) in [6, 6.07) is 16.0. The van der Waals surface area contributed by atoms with Crippen LogP contribution in [0, 0.1) is 0 Å². The summed E-state index contributed by atoms with van der Waals surface area (Å²) in [6.07, 6.45) is 1.68. The van der Waals surface area contributed by atoms with E-state index in [0.717, 1.165) is 28.2 Å². The second-order valence-corrected chi connectivity index (χ2v) is 5.21. The van der Waals surface area contributed by atoms with Crippen LogP contribution in [-0.4, -0.2) is 33.7 Å². The van der Waals surface area contributed by atoms with Gasteiger partial charge in [-0.3, -0.25) is 4.40 Å². The molecule has 0 radical (unpaired) electrons. The van der Waals surface area contributed by atoms with E-state index in [9.17, 15) is 0 Å². The van der Waals surface area contributed by atoms with Crippen molar-refractivity contribution in [2.75, 3.05) is 19.1 Å². The largest absolute Gasteiger partial charge is 0.497 e. The van der Waals surface area contributed by atoms with Crippen molar-refractivity contribution in [1.29, 1.82) is 0 Å². The number of hydrogen-bond donors (Lipinski definition) is 0. The SMILES string of the molecule is COc1cccc(N(C)c2nc3nncn3c3ccccc23)c1. The third-order valence-electron chi connectivity index (χ3n) is 3.90. The Balaban J connectivity index is 1.95. The number of hydrogen-bond acceptors (Lipinski definition) is 5. The monoisotopic (exact) mass is 305 g/mol. The molecule has 0 N–H and O–H groups in total. The van der Waals surface area contributed by atoms with Crippen LogP contribution < -0.4 is 9.64 Å². The van der Waals surface area contributed by atoms with Gasteiger partial charge in [0.15, 0.2) is 0 Å². The molecule has 0 bridgehead atoms. The van der Waals surface area contributed by atoms with Gasteiger partial charge in [-0.25, -0.2) is 0 Å². The van der Waals surface area contributed by atoms with Crippen molar-refractivity contribution in [2.24, 2.45) is 0 Å². The highest BCUT2D eigenvalue weighted by Crippen LogP contribution is 2.31. The van der Waals surface area contributed by atoms with Crippen LogP contribution in [0.4, 0.5) is 11.5 Å². The summed E-state index contributed by atoms with van der Waals surface area (Å²) in [5.74, 6) is 2.21. The molecule has 0 saturated heterocycles. The first-order valence-electron chi connectivity index (χ1n) is 7.24. The zero-order valence-corrected chi connectivity index (χ0v) is 12.8. The number of para-hydroxylation sites is 1. The van der Waals surface area contributed by atoms with Crippen molar-refractivity contribution in [3.8, 4) is 5.75 Å². The fourth-order valence-electron chi connectivity index (χ4n) is 2.70. The molecule has 0 unspecified atom stereocenters. The number of fused-ring (bicyclic) bond motifs is 3. The Hall–Kier alpha value is -3.15. The Kier molecular flexibility index (Phi) is 3.08. The fourth-order valence-corrected chi connectivity index (χ4v) is 2.70. The smallest absolute Gasteiger partial charge is 0.257 e. The maximum atomic E-state index is 5.31. The highest BCUT2D eigenvalue weighted by atomic mass is 16.5. The first-order chi connectivity index (χ1) is 11.3. The number of benzene rings is 2. The summed E-state index contributed by atoms with van der Waals surface area (Å²) in [4.78, 5) is 6.70. The molecule has 0 amide bonds. The van der Waals surface area contributed by atoms with Gasteiger partial charge in [-0.15, -0.1) is 10.2 Å². The van der Waals surface area contributed by atoms with E-state index >= 15 is 0 Å². The molecule has 0 atom stereocenters. The molecule has 2 aromatic carbocycles. The van der Waals surface area contributed by atoms with E-state index in [-0.39, 0.29) is 0 Å². The van der Waals surface area contributed by atoms with Crippen LogP contribution in [0.1, 0.15) is 0 Å². The number of anilines is 2. The minimum atomic E-state index is 0.577. The van der Waals surface area contributed by atoms with E-state index < -0.39 is 0 Å². The second-order valence-electron chi connectivity index (χ2n) is 5.21. The standard InChI is InChI=1S/C17H15N5O/c1-21(12-6-5-7-13(10-12)23-2)16-14-8-3-4-9-15(14)22-11-18-20-17(22)19-16/h3-11H,1-2H3. The van der Waals surface area contributed by atoms with Crippen LogP contribution >= 0.6 is 0 Å². The van der Waals surface area contributed by atoms with E-state index in [1.54, 1.807) is 13.4 Å². The molecule has 2 aromatic heterocycles. The molecule has 0 aliphatic rings. The zero-order chi connectivity index (χ0) is 15.8. The molecule has 0 saturated carbocycles. The third-order valence-corrected chi connectivity index (χ3v) is 3.90. The molecule has 4 aromatic rings. The number of methoxy groups -OCH3 is 1. The quantitative estimate of drug-likeness (QED) is 0.582. The summed E-state index contributed by atoms with van der Waals surface area (Å²) in [5.41, 5.74) is 2.01. The van der Waals surface area contributed by atoms with Crippen molar-refractivity contribution in [1.82, 2.24) is 19.6 Å². The highest BCUT2D eigenvalue weighted by molar-refractivity contribution is 5.93. The van der Waals surface area contributed by atoms with E-state index in [2.05, 4.69) is 15.2 Å². The van der Waals surface area contributed by atoms with Crippen LogP contribution in [0.25, 0.3) is 16.7 Å². The lowest BCUT2D eigenvalue weighted by Crippen LogP contribution is -2.13. The number of rotatable bonds is 3.